The first-order valence-electron chi connectivity index (χ1n) is 9.03. The van der Waals surface area contributed by atoms with Crippen LogP contribution in [0, 0.1) is 17.3 Å². The molecule has 5 aliphatic rings. The maximum absolute atomic E-state index is 12.1. The van der Waals surface area contributed by atoms with E-state index in [4.69, 9.17) is 14.2 Å². The second-order valence-electron chi connectivity index (χ2n) is 8.63. The van der Waals surface area contributed by atoms with Crippen LogP contribution in [0.15, 0.2) is 12.2 Å². The number of cyclic esters (lactones) is 1. The van der Waals surface area contributed by atoms with E-state index in [1.165, 1.54) is 6.42 Å². The van der Waals surface area contributed by atoms with Gasteiger partial charge in [-0.15, -0.1) is 0 Å². The molecule has 3 unspecified atom stereocenters. The summed E-state index contributed by atoms with van der Waals surface area (Å²) in [6, 6.07) is 0. The second-order valence-corrected chi connectivity index (χ2v) is 8.63. The van der Waals surface area contributed by atoms with E-state index in [1.807, 2.05) is 0 Å². The summed E-state index contributed by atoms with van der Waals surface area (Å²) >= 11 is 0. The van der Waals surface area contributed by atoms with Crippen LogP contribution >= 0.6 is 0 Å². The minimum Gasteiger partial charge on any atom is -0.463 e. The average Bonchev–Trinajstić information content (AvgIpc) is 2.89. The Morgan fingerprint density at radius 2 is 2.00 bits per heavy atom. The van der Waals surface area contributed by atoms with Crippen molar-refractivity contribution in [2.24, 2.45) is 17.3 Å². The first kappa shape index (κ1) is 16.1. The van der Waals surface area contributed by atoms with Crippen LogP contribution in [-0.2, 0) is 23.8 Å². The van der Waals surface area contributed by atoms with Crippen molar-refractivity contribution >= 4 is 11.9 Å². The Morgan fingerprint density at radius 3 is 2.58 bits per heavy atom. The summed E-state index contributed by atoms with van der Waals surface area (Å²) < 4.78 is 17.0. The first-order valence-corrected chi connectivity index (χ1v) is 9.03. The van der Waals surface area contributed by atoms with Crippen LogP contribution in [-0.4, -0.2) is 36.9 Å². The predicted molar refractivity (Wildman–Crippen MR) is 86.1 cm³/mol. The fraction of sp³-hybridized carbons (Fsp3) is 0.789. The number of carbonyl (C=O) groups is 2. The Bertz CT molecular complexity index is 566. The summed E-state index contributed by atoms with van der Waals surface area (Å²) in [6.45, 7) is 6.45. The molecule has 5 heteroatoms. The Balaban J connectivity index is 1.47. The van der Waals surface area contributed by atoms with Crippen molar-refractivity contribution in [3.63, 3.8) is 0 Å². The number of hydrogen-bond donors (Lipinski definition) is 0. The van der Waals surface area contributed by atoms with E-state index >= 15 is 0 Å². The third kappa shape index (κ3) is 2.87. The molecule has 0 spiro atoms. The number of esters is 2. The number of hydrogen-bond acceptors (Lipinski definition) is 5. The molecule has 5 rings (SSSR count). The molecule has 3 atom stereocenters. The highest BCUT2D eigenvalue weighted by Gasteiger charge is 2.59. The summed E-state index contributed by atoms with van der Waals surface area (Å²) in [4.78, 5) is 23.4. The van der Waals surface area contributed by atoms with Gasteiger partial charge in [0.1, 0.15) is 18.3 Å². The van der Waals surface area contributed by atoms with E-state index < -0.39 is 0 Å². The van der Waals surface area contributed by atoms with Gasteiger partial charge in [-0.1, -0.05) is 6.58 Å². The minimum atomic E-state index is -0.328. The van der Waals surface area contributed by atoms with Crippen molar-refractivity contribution in [3.8, 4) is 0 Å². The van der Waals surface area contributed by atoms with Gasteiger partial charge in [0.05, 0.1) is 13.0 Å². The third-order valence-corrected chi connectivity index (χ3v) is 6.24. The molecule has 0 radical (unpaired) electrons. The van der Waals surface area contributed by atoms with Gasteiger partial charge in [0.2, 0.25) is 0 Å². The molecule has 4 bridgehead atoms. The molecule has 0 aromatic heterocycles. The smallest absolute Gasteiger partial charge is 0.333 e. The van der Waals surface area contributed by atoms with E-state index in [1.54, 1.807) is 6.92 Å². The Morgan fingerprint density at radius 1 is 1.29 bits per heavy atom. The molecule has 24 heavy (non-hydrogen) atoms. The van der Waals surface area contributed by atoms with E-state index in [0.29, 0.717) is 37.0 Å². The van der Waals surface area contributed by atoms with Gasteiger partial charge in [-0.3, -0.25) is 4.79 Å². The van der Waals surface area contributed by atoms with Crippen molar-refractivity contribution in [1.29, 1.82) is 0 Å². The molecule has 0 N–H and O–H groups in total. The van der Waals surface area contributed by atoms with Gasteiger partial charge < -0.3 is 14.2 Å². The zero-order valence-corrected chi connectivity index (χ0v) is 14.3. The molecule has 0 amide bonds. The van der Waals surface area contributed by atoms with Gasteiger partial charge in [-0.25, -0.2) is 4.79 Å². The van der Waals surface area contributed by atoms with E-state index in [9.17, 15) is 9.59 Å². The average molecular weight is 334 g/mol. The third-order valence-electron chi connectivity index (χ3n) is 6.24. The molecule has 132 valence electrons. The Hall–Kier alpha value is -1.36. The summed E-state index contributed by atoms with van der Waals surface area (Å²) in [6.07, 6.45) is 6.64. The van der Waals surface area contributed by atoms with Crippen LogP contribution in [0.1, 0.15) is 51.9 Å². The van der Waals surface area contributed by atoms with Crippen LogP contribution in [0.4, 0.5) is 0 Å². The maximum Gasteiger partial charge on any atom is 0.333 e. The lowest BCUT2D eigenvalue weighted by atomic mass is 9.48. The van der Waals surface area contributed by atoms with Gasteiger partial charge in [0.25, 0.3) is 0 Å². The van der Waals surface area contributed by atoms with Gasteiger partial charge in [0, 0.05) is 5.57 Å². The quantitative estimate of drug-likeness (QED) is 0.571. The molecule has 0 aromatic rings. The summed E-state index contributed by atoms with van der Waals surface area (Å²) in [7, 11) is 0. The van der Waals surface area contributed by atoms with E-state index in [-0.39, 0.29) is 29.1 Å². The molecule has 0 aromatic carbocycles. The topological polar surface area (TPSA) is 61.8 Å². The van der Waals surface area contributed by atoms with Crippen molar-refractivity contribution in [2.45, 2.75) is 63.6 Å². The van der Waals surface area contributed by atoms with Crippen molar-refractivity contribution in [3.05, 3.63) is 12.2 Å². The van der Waals surface area contributed by atoms with Gasteiger partial charge in [-0.05, 0) is 62.7 Å². The Kier molecular flexibility index (Phi) is 3.75. The van der Waals surface area contributed by atoms with Crippen LogP contribution in [0.5, 0.6) is 0 Å². The van der Waals surface area contributed by atoms with E-state index in [0.717, 1.165) is 32.1 Å². The normalized spacial score (nSPS) is 42.9. The first-order chi connectivity index (χ1) is 11.4. The van der Waals surface area contributed by atoms with Gasteiger partial charge in [-0.2, -0.15) is 0 Å². The van der Waals surface area contributed by atoms with Crippen molar-refractivity contribution in [1.82, 2.24) is 0 Å². The standard InChI is InChI=1S/C19H26O5/c1-12(2)17(21)24-19-7-13-3-14(8-19)6-18(5-13,10-19)11-23-15-4-16(20)22-9-15/h13-15H,1,3-11H2,2H3. The van der Waals surface area contributed by atoms with Crippen molar-refractivity contribution in [2.75, 3.05) is 13.2 Å². The van der Waals surface area contributed by atoms with E-state index in [2.05, 4.69) is 6.58 Å². The molecule has 1 saturated heterocycles. The van der Waals surface area contributed by atoms with Crippen molar-refractivity contribution < 1.29 is 23.8 Å². The number of carbonyl (C=O) groups excluding carboxylic acids is 2. The highest BCUT2D eigenvalue weighted by molar-refractivity contribution is 5.87. The molecule has 1 aliphatic heterocycles. The lowest BCUT2D eigenvalue weighted by Gasteiger charge is -2.61. The fourth-order valence-electron chi connectivity index (χ4n) is 5.83. The van der Waals surface area contributed by atoms with Crippen LogP contribution < -0.4 is 0 Å². The summed E-state index contributed by atoms with van der Waals surface area (Å²) in [5, 5.41) is 0. The second kappa shape index (κ2) is 5.58. The van der Waals surface area contributed by atoms with Gasteiger partial charge in [0.15, 0.2) is 0 Å². The molecule has 4 aliphatic carbocycles. The maximum atomic E-state index is 12.1. The van der Waals surface area contributed by atoms with Crippen LogP contribution in [0.25, 0.3) is 0 Å². The summed E-state index contributed by atoms with van der Waals surface area (Å²) in [5.74, 6) is 0.809. The zero-order valence-electron chi connectivity index (χ0n) is 14.3. The number of rotatable bonds is 5. The SMILES string of the molecule is C=C(C)C(=O)OC12CC3CC(CC(COC4COC(=O)C4)(C3)C1)C2. The molecular formula is C19H26O5. The van der Waals surface area contributed by atoms with Gasteiger partial charge >= 0.3 is 11.9 Å². The Labute approximate surface area is 142 Å². The lowest BCUT2D eigenvalue weighted by Crippen LogP contribution is -2.58. The molecular weight excluding hydrogens is 308 g/mol. The minimum absolute atomic E-state index is 0.0884. The van der Waals surface area contributed by atoms with Crippen LogP contribution in [0.3, 0.4) is 0 Å². The fourth-order valence-corrected chi connectivity index (χ4v) is 5.83. The summed E-state index contributed by atoms with van der Waals surface area (Å²) in [5.41, 5.74) is 0.231. The highest BCUT2D eigenvalue weighted by atomic mass is 16.6. The lowest BCUT2D eigenvalue weighted by molar-refractivity contribution is -0.209. The largest absolute Gasteiger partial charge is 0.463 e. The molecule has 4 saturated carbocycles. The zero-order chi connectivity index (χ0) is 16.9. The molecule has 5 nitrogen and oxygen atoms in total. The van der Waals surface area contributed by atoms with Crippen LogP contribution in [0.2, 0.25) is 0 Å². The number of ether oxygens (including phenoxy) is 3. The highest BCUT2D eigenvalue weighted by Crippen LogP contribution is 2.63. The predicted octanol–water partition coefficient (Wildman–Crippen LogP) is 2.78. The molecule has 5 fully saturated rings. The molecule has 1 heterocycles. The monoisotopic (exact) mass is 334 g/mol.